The van der Waals surface area contributed by atoms with Crippen LogP contribution in [0.5, 0.6) is 0 Å². The third kappa shape index (κ3) is 4.64. The van der Waals surface area contributed by atoms with Crippen LogP contribution in [0.1, 0.15) is 29.9 Å². The van der Waals surface area contributed by atoms with E-state index < -0.39 is 0 Å². The molecule has 1 amide bonds. The van der Waals surface area contributed by atoms with Gasteiger partial charge in [-0.25, -0.2) is 4.98 Å². The van der Waals surface area contributed by atoms with Crippen molar-refractivity contribution >= 4 is 28.2 Å². The van der Waals surface area contributed by atoms with E-state index in [9.17, 15) is 4.79 Å². The molecule has 0 saturated carbocycles. The van der Waals surface area contributed by atoms with Crippen LogP contribution in [0.3, 0.4) is 0 Å². The van der Waals surface area contributed by atoms with Gasteiger partial charge in [0.05, 0.1) is 0 Å². The normalized spacial score (nSPS) is 10.8. The molecule has 0 aliphatic carbocycles. The van der Waals surface area contributed by atoms with Gasteiger partial charge in [0, 0.05) is 20.6 Å². The summed E-state index contributed by atoms with van der Waals surface area (Å²) in [6.45, 7) is 8.01. The molecule has 1 heterocycles. The summed E-state index contributed by atoms with van der Waals surface area (Å²) in [5.41, 5.74) is 5.78. The van der Waals surface area contributed by atoms with Crippen molar-refractivity contribution < 1.29 is 4.79 Å². The molecule has 1 rings (SSSR count). The molecule has 0 bridgehead atoms. The number of nitrogens with two attached hydrogens (primary N) is 1. The molecule has 3 N–H and O–H groups in total. The summed E-state index contributed by atoms with van der Waals surface area (Å²) < 4.78 is 0. The van der Waals surface area contributed by atoms with E-state index in [0.29, 0.717) is 17.2 Å². The standard InChI is InChI=1S/C13H25N5OS/c1-5-18(6-2)9-7-8-15-12(19)10-11(14)16-13(20-10)17(3)4/h5-9,14H2,1-4H3,(H,15,19). The Labute approximate surface area is 125 Å². The van der Waals surface area contributed by atoms with Crippen molar-refractivity contribution in [1.82, 2.24) is 15.2 Å². The highest BCUT2D eigenvalue weighted by atomic mass is 32.1. The third-order valence-corrected chi connectivity index (χ3v) is 4.30. The van der Waals surface area contributed by atoms with Gasteiger partial charge in [0.15, 0.2) is 5.13 Å². The van der Waals surface area contributed by atoms with E-state index >= 15 is 0 Å². The fourth-order valence-electron chi connectivity index (χ4n) is 1.80. The fourth-order valence-corrected chi connectivity index (χ4v) is 2.62. The number of thiazole rings is 1. The zero-order valence-corrected chi connectivity index (χ0v) is 13.6. The second kappa shape index (κ2) is 8.06. The molecule has 0 aliphatic heterocycles. The summed E-state index contributed by atoms with van der Waals surface area (Å²) in [5, 5.41) is 3.65. The Morgan fingerprint density at radius 3 is 2.50 bits per heavy atom. The first kappa shape index (κ1) is 16.7. The largest absolute Gasteiger partial charge is 0.382 e. The van der Waals surface area contributed by atoms with Gasteiger partial charge >= 0.3 is 0 Å². The average molecular weight is 299 g/mol. The first-order valence-corrected chi connectivity index (χ1v) is 7.75. The number of hydrogen-bond acceptors (Lipinski definition) is 6. The van der Waals surface area contributed by atoms with Gasteiger partial charge in [-0.1, -0.05) is 25.2 Å². The van der Waals surface area contributed by atoms with Crippen molar-refractivity contribution in [2.24, 2.45) is 0 Å². The number of rotatable bonds is 8. The fraction of sp³-hybridized carbons (Fsp3) is 0.692. The van der Waals surface area contributed by atoms with Crippen LogP contribution < -0.4 is 16.0 Å². The SMILES string of the molecule is CCN(CC)CCCNC(=O)c1sc(N(C)C)nc1N. The summed E-state index contributed by atoms with van der Waals surface area (Å²) in [5.74, 6) is 0.174. The number of nitrogen functional groups attached to an aromatic ring is 1. The van der Waals surface area contributed by atoms with Crippen LogP contribution in [0.25, 0.3) is 0 Å². The van der Waals surface area contributed by atoms with E-state index in [1.807, 2.05) is 19.0 Å². The van der Waals surface area contributed by atoms with Crippen LogP contribution in [0.4, 0.5) is 10.9 Å². The number of carbonyl (C=O) groups excluding carboxylic acids is 1. The summed E-state index contributed by atoms with van der Waals surface area (Å²) in [6.07, 6.45) is 0.937. The predicted octanol–water partition coefficient (Wildman–Crippen LogP) is 1.25. The third-order valence-electron chi connectivity index (χ3n) is 3.06. The monoisotopic (exact) mass is 299 g/mol. The Bertz CT molecular complexity index is 428. The molecule has 0 aromatic carbocycles. The van der Waals surface area contributed by atoms with Gasteiger partial charge < -0.3 is 20.9 Å². The lowest BCUT2D eigenvalue weighted by Gasteiger charge is -2.17. The number of nitrogens with zero attached hydrogens (tertiary/aromatic N) is 3. The summed E-state index contributed by atoms with van der Waals surface area (Å²) in [6, 6.07) is 0. The van der Waals surface area contributed by atoms with Gasteiger partial charge in [0.25, 0.3) is 5.91 Å². The zero-order valence-electron chi connectivity index (χ0n) is 12.8. The minimum Gasteiger partial charge on any atom is -0.382 e. The molecule has 0 saturated heterocycles. The topological polar surface area (TPSA) is 74.5 Å². The van der Waals surface area contributed by atoms with E-state index in [4.69, 9.17) is 5.73 Å². The highest BCUT2D eigenvalue weighted by Gasteiger charge is 2.16. The summed E-state index contributed by atoms with van der Waals surface area (Å²) in [4.78, 5) is 20.9. The first-order chi connectivity index (χ1) is 9.49. The maximum Gasteiger partial charge on any atom is 0.265 e. The van der Waals surface area contributed by atoms with Crippen LogP contribution >= 0.6 is 11.3 Å². The first-order valence-electron chi connectivity index (χ1n) is 6.93. The molecule has 20 heavy (non-hydrogen) atoms. The number of nitrogens with one attached hydrogen (secondary N) is 1. The Morgan fingerprint density at radius 1 is 1.35 bits per heavy atom. The van der Waals surface area contributed by atoms with Crippen molar-refractivity contribution in [2.75, 3.05) is 50.9 Å². The lowest BCUT2D eigenvalue weighted by molar-refractivity contribution is 0.0956. The van der Waals surface area contributed by atoms with Gasteiger partial charge in [-0.2, -0.15) is 0 Å². The van der Waals surface area contributed by atoms with Crippen LogP contribution in [0.15, 0.2) is 0 Å². The van der Waals surface area contributed by atoms with Crippen molar-refractivity contribution in [2.45, 2.75) is 20.3 Å². The van der Waals surface area contributed by atoms with Crippen LogP contribution in [0.2, 0.25) is 0 Å². The van der Waals surface area contributed by atoms with E-state index in [0.717, 1.165) is 31.2 Å². The molecule has 0 spiro atoms. The van der Waals surface area contributed by atoms with Crippen molar-refractivity contribution in [3.8, 4) is 0 Å². The van der Waals surface area contributed by atoms with Gasteiger partial charge in [-0.3, -0.25) is 4.79 Å². The number of amides is 1. The highest BCUT2D eigenvalue weighted by Crippen LogP contribution is 2.26. The quantitative estimate of drug-likeness (QED) is 0.707. The minimum atomic E-state index is -0.132. The molecule has 0 fully saturated rings. The number of anilines is 2. The Morgan fingerprint density at radius 2 is 2.00 bits per heavy atom. The van der Waals surface area contributed by atoms with E-state index in [2.05, 4.69) is 29.0 Å². The Hall–Kier alpha value is -1.34. The molecule has 6 nitrogen and oxygen atoms in total. The van der Waals surface area contributed by atoms with Gasteiger partial charge in [0.2, 0.25) is 0 Å². The maximum atomic E-state index is 12.0. The molecule has 7 heteroatoms. The van der Waals surface area contributed by atoms with Crippen molar-refractivity contribution in [1.29, 1.82) is 0 Å². The average Bonchev–Trinajstić information content (AvgIpc) is 2.81. The van der Waals surface area contributed by atoms with Crippen LogP contribution in [-0.4, -0.2) is 56.1 Å². The number of hydrogen-bond donors (Lipinski definition) is 2. The van der Waals surface area contributed by atoms with Gasteiger partial charge in [-0.15, -0.1) is 0 Å². The van der Waals surface area contributed by atoms with Crippen molar-refractivity contribution in [3.63, 3.8) is 0 Å². The minimum absolute atomic E-state index is 0.132. The van der Waals surface area contributed by atoms with Crippen LogP contribution in [0, 0.1) is 0 Å². The molecule has 0 aliphatic rings. The molecule has 0 unspecified atom stereocenters. The molecule has 0 radical (unpaired) electrons. The van der Waals surface area contributed by atoms with E-state index in [1.54, 1.807) is 0 Å². The Kier molecular flexibility index (Phi) is 6.74. The van der Waals surface area contributed by atoms with Gasteiger partial charge in [0.1, 0.15) is 10.7 Å². The molecule has 0 atom stereocenters. The lowest BCUT2D eigenvalue weighted by atomic mass is 10.3. The molecular weight excluding hydrogens is 274 g/mol. The number of aromatic nitrogens is 1. The molecular formula is C13H25N5OS. The maximum absolute atomic E-state index is 12.0. The zero-order chi connectivity index (χ0) is 15.1. The van der Waals surface area contributed by atoms with E-state index in [-0.39, 0.29) is 5.91 Å². The second-order valence-electron chi connectivity index (χ2n) is 4.74. The summed E-state index contributed by atoms with van der Waals surface area (Å²) in [7, 11) is 3.76. The highest BCUT2D eigenvalue weighted by molar-refractivity contribution is 7.18. The molecule has 1 aromatic rings. The van der Waals surface area contributed by atoms with Crippen molar-refractivity contribution in [3.05, 3.63) is 4.88 Å². The predicted molar refractivity (Wildman–Crippen MR) is 85.6 cm³/mol. The number of carbonyl (C=O) groups is 1. The Balaban J connectivity index is 2.43. The van der Waals surface area contributed by atoms with Crippen LogP contribution in [-0.2, 0) is 0 Å². The second-order valence-corrected chi connectivity index (χ2v) is 5.72. The molecule has 1 aromatic heterocycles. The smallest absolute Gasteiger partial charge is 0.265 e. The van der Waals surface area contributed by atoms with E-state index in [1.165, 1.54) is 11.3 Å². The molecule has 114 valence electrons. The lowest BCUT2D eigenvalue weighted by Crippen LogP contribution is -2.29. The summed E-state index contributed by atoms with van der Waals surface area (Å²) >= 11 is 1.32. The van der Waals surface area contributed by atoms with Gasteiger partial charge in [-0.05, 0) is 26.1 Å².